The van der Waals surface area contributed by atoms with Crippen molar-refractivity contribution in [2.45, 2.75) is 3.91 Å². The van der Waals surface area contributed by atoms with E-state index < -0.39 is 0 Å². The molecule has 0 spiro atoms. The van der Waals surface area contributed by atoms with Crippen molar-refractivity contribution in [3.8, 4) is 0 Å². The second-order valence-electron chi connectivity index (χ2n) is 1.31. The van der Waals surface area contributed by atoms with Gasteiger partial charge >= 0.3 is 0 Å². The van der Waals surface area contributed by atoms with Gasteiger partial charge in [-0.05, 0) is 51.4 Å². The van der Waals surface area contributed by atoms with Crippen molar-refractivity contribution < 1.29 is 0 Å². The molecule has 1 heterocycles. The van der Waals surface area contributed by atoms with Crippen LogP contribution in [0, 0.1) is 0 Å². The van der Waals surface area contributed by atoms with Gasteiger partial charge in [-0.2, -0.15) is 0 Å². The van der Waals surface area contributed by atoms with Crippen LogP contribution < -0.4 is 0 Å². The topological polar surface area (TPSA) is 0 Å². The summed E-state index contributed by atoms with van der Waals surface area (Å²) in [5, 5.41) is 0. The normalized spacial score (nSPS) is 21.7. The SMILES string of the molecule is CSC1SC(I)=C(I)S1. The van der Waals surface area contributed by atoms with Crippen LogP contribution in [-0.2, 0) is 0 Å². The van der Waals surface area contributed by atoms with E-state index in [1.807, 2.05) is 35.3 Å². The lowest BCUT2D eigenvalue weighted by Crippen LogP contribution is -1.77. The standard InChI is InChI=1S/C4H4I2S3/c1-7-4-8-2(5)3(6)9-4/h4H,1H3. The van der Waals surface area contributed by atoms with E-state index in [0.29, 0.717) is 3.91 Å². The zero-order valence-corrected chi connectivity index (χ0v) is 11.3. The molecule has 5 heteroatoms. The molecule has 0 aromatic heterocycles. The molecular formula is C4H4I2S3. The molecule has 9 heavy (non-hydrogen) atoms. The number of hydrogen-bond donors (Lipinski definition) is 0. The van der Waals surface area contributed by atoms with Gasteiger partial charge in [0.2, 0.25) is 0 Å². The van der Waals surface area contributed by atoms with Crippen molar-refractivity contribution in [2.24, 2.45) is 0 Å². The molecule has 0 radical (unpaired) electrons. The van der Waals surface area contributed by atoms with Crippen molar-refractivity contribution in [2.75, 3.05) is 6.26 Å². The van der Waals surface area contributed by atoms with E-state index in [9.17, 15) is 0 Å². The van der Waals surface area contributed by atoms with Gasteiger partial charge in [-0.15, -0.1) is 11.8 Å². The van der Waals surface area contributed by atoms with E-state index in [4.69, 9.17) is 0 Å². The van der Waals surface area contributed by atoms with Crippen molar-refractivity contribution in [3.05, 3.63) is 5.82 Å². The third kappa shape index (κ3) is 2.64. The maximum absolute atomic E-state index is 2.40. The third-order valence-corrected chi connectivity index (χ3v) is 9.15. The minimum Gasteiger partial charge on any atom is -0.139 e. The molecule has 0 bridgehead atoms. The number of halogens is 2. The largest absolute Gasteiger partial charge is 0.139 e. The molecule has 0 unspecified atom stereocenters. The first-order chi connectivity index (χ1) is 4.24. The van der Waals surface area contributed by atoms with Crippen LogP contribution in [-0.4, -0.2) is 10.2 Å². The van der Waals surface area contributed by atoms with E-state index in [0.717, 1.165) is 0 Å². The molecule has 0 aromatic carbocycles. The number of hydrogen-bond acceptors (Lipinski definition) is 3. The molecule has 0 fully saturated rings. The van der Waals surface area contributed by atoms with Crippen LogP contribution in [0.5, 0.6) is 0 Å². The zero-order chi connectivity index (χ0) is 6.85. The molecule has 0 amide bonds. The van der Waals surface area contributed by atoms with Crippen LogP contribution in [0.3, 0.4) is 0 Å². The Morgan fingerprint density at radius 1 is 1.33 bits per heavy atom. The number of rotatable bonds is 1. The Morgan fingerprint density at radius 3 is 2.00 bits per heavy atom. The van der Waals surface area contributed by atoms with Gasteiger partial charge in [-0.25, -0.2) is 0 Å². The Kier molecular flexibility index (Phi) is 4.48. The van der Waals surface area contributed by atoms with E-state index in [1.165, 1.54) is 5.82 Å². The highest BCUT2D eigenvalue weighted by molar-refractivity contribution is 14.1. The molecule has 1 rings (SSSR count). The quantitative estimate of drug-likeness (QED) is 0.607. The second-order valence-corrected chi connectivity index (χ2v) is 9.00. The summed E-state index contributed by atoms with van der Waals surface area (Å²) in [5.41, 5.74) is 0. The minimum atomic E-state index is 0.712. The van der Waals surface area contributed by atoms with Gasteiger partial charge in [0, 0.05) is 0 Å². The molecule has 0 N–H and O–H groups in total. The summed E-state index contributed by atoms with van der Waals surface area (Å²) < 4.78 is 3.62. The highest BCUT2D eigenvalue weighted by atomic mass is 127. The Labute approximate surface area is 95.0 Å². The zero-order valence-electron chi connectivity index (χ0n) is 4.56. The van der Waals surface area contributed by atoms with Gasteiger partial charge in [-0.1, -0.05) is 23.5 Å². The first-order valence-corrected chi connectivity index (χ1v) is 7.36. The van der Waals surface area contributed by atoms with Gasteiger partial charge in [0.1, 0.15) is 3.91 Å². The molecule has 0 atom stereocenters. The molecule has 0 saturated carbocycles. The van der Waals surface area contributed by atoms with E-state index in [2.05, 4.69) is 51.4 Å². The van der Waals surface area contributed by atoms with Crippen LogP contribution in [0.15, 0.2) is 5.82 Å². The summed E-state index contributed by atoms with van der Waals surface area (Å²) >= 11 is 10.6. The highest BCUT2D eigenvalue weighted by Gasteiger charge is 2.21. The predicted molar refractivity (Wildman–Crippen MR) is 67.6 cm³/mol. The summed E-state index contributed by atoms with van der Waals surface area (Å²) in [6.07, 6.45) is 2.16. The van der Waals surface area contributed by atoms with Crippen LogP contribution in [0.25, 0.3) is 0 Å². The lowest BCUT2D eigenvalue weighted by atomic mass is 11.2. The van der Waals surface area contributed by atoms with Crippen molar-refractivity contribution >= 4 is 80.5 Å². The lowest BCUT2D eigenvalue weighted by molar-refractivity contribution is 2.08. The summed E-state index contributed by atoms with van der Waals surface area (Å²) in [7, 11) is 0. The summed E-state index contributed by atoms with van der Waals surface area (Å²) in [6.45, 7) is 0. The molecule has 52 valence electrons. The fourth-order valence-corrected chi connectivity index (χ4v) is 7.67. The molecule has 0 aromatic rings. The van der Waals surface area contributed by atoms with Crippen LogP contribution >= 0.6 is 80.5 Å². The molecule has 0 aliphatic carbocycles. The fourth-order valence-electron chi connectivity index (χ4n) is 0.382. The summed E-state index contributed by atoms with van der Waals surface area (Å²) in [6, 6.07) is 0. The predicted octanol–water partition coefficient (Wildman–Crippen LogP) is 4.11. The smallest absolute Gasteiger partial charge is 0.106 e. The molecule has 0 nitrogen and oxygen atoms in total. The van der Waals surface area contributed by atoms with Gasteiger partial charge in [0.25, 0.3) is 0 Å². The van der Waals surface area contributed by atoms with E-state index >= 15 is 0 Å². The molecular weight excluding hydrogens is 398 g/mol. The first kappa shape index (κ1) is 9.34. The van der Waals surface area contributed by atoms with Crippen LogP contribution in [0.1, 0.15) is 0 Å². The Balaban J connectivity index is 2.48. The maximum atomic E-state index is 2.40. The molecule has 0 saturated heterocycles. The first-order valence-electron chi connectivity index (χ1n) is 2.15. The lowest BCUT2D eigenvalue weighted by Gasteiger charge is -2.00. The van der Waals surface area contributed by atoms with Crippen molar-refractivity contribution in [1.29, 1.82) is 0 Å². The second kappa shape index (κ2) is 4.32. The number of thioether (sulfide) groups is 3. The molecule has 1 aliphatic rings. The van der Waals surface area contributed by atoms with Gasteiger partial charge in [0.15, 0.2) is 0 Å². The third-order valence-electron chi connectivity index (χ3n) is 0.746. The van der Waals surface area contributed by atoms with Gasteiger partial charge in [-0.3, -0.25) is 0 Å². The van der Waals surface area contributed by atoms with Gasteiger partial charge < -0.3 is 0 Å². The Bertz CT molecular complexity index is 131. The van der Waals surface area contributed by atoms with Crippen molar-refractivity contribution in [1.82, 2.24) is 0 Å². The Morgan fingerprint density at radius 2 is 1.78 bits per heavy atom. The Hall–Kier alpha value is 2.25. The monoisotopic (exact) mass is 402 g/mol. The van der Waals surface area contributed by atoms with Gasteiger partial charge in [0.05, 0.1) is 5.82 Å². The van der Waals surface area contributed by atoms with E-state index in [1.54, 1.807) is 0 Å². The minimum absolute atomic E-state index is 0.712. The van der Waals surface area contributed by atoms with E-state index in [-0.39, 0.29) is 0 Å². The highest BCUT2D eigenvalue weighted by Crippen LogP contribution is 2.54. The van der Waals surface area contributed by atoms with Crippen LogP contribution in [0.2, 0.25) is 0 Å². The fraction of sp³-hybridized carbons (Fsp3) is 0.500. The average molecular weight is 402 g/mol. The summed E-state index contributed by atoms with van der Waals surface area (Å²) in [5.74, 6) is 0. The average Bonchev–Trinajstić information content (AvgIpc) is 2.13. The van der Waals surface area contributed by atoms with Crippen LogP contribution in [0.4, 0.5) is 0 Å². The maximum Gasteiger partial charge on any atom is 0.106 e. The summed E-state index contributed by atoms with van der Waals surface area (Å²) in [4.78, 5) is 0. The van der Waals surface area contributed by atoms with Crippen molar-refractivity contribution in [3.63, 3.8) is 0 Å². The molecule has 1 aliphatic heterocycles.